The first-order chi connectivity index (χ1) is 12.1. The number of nitrogens with zero attached hydrogens (tertiary/aromatic N) is 4. The lowest BCUT2D eigenvalue weighted by atomic mass is 10.3. The van der Waals surface area contributed by atoms with E-state index < -0.39 is 0 Å². The summed E-state index contributed by atoms with van der Waals surface area (Å²) in [5.41, 5.74) is 1.99. The first-order valence-corrected chi connectivity index (χ1v) is 8.86. The van der Waals surface area contributed by atoms with E-state index >= 15 is 0 Å². The SMILES string of the molecule is CN(C(=O)Cc1csc(N2CCCC2=O)n1)c1nc2ccccc2o1. The number of para-hydroxylation sites is 2. The van der Waals surface area contributed by atoms with Gasteiger partial charge in [-0.25, -0.2) is 4.98 Å². The highest BCUT2D eigenvalue weighted by Crippen LogP contribution is 2.26. The van der Waals surface area contributed by atoms with Crippen LogP contribution in [0, 0.1) is 0 Å². The van der Waals surface area contributed by atoms with Crippen molar-refractivity contribution in [1.29, 1.82) is 0 Å². The highest BCUT2D eigenvalue weighted by molar-refractivity contribution is 7.14. The minimum atomic E-state index is -0.170. The summed E-state index contributed by atoms with van der Waals surface area (Å²) < 4.78 is 5.61. The molecule has 0 atom stereocenters. The number of likely N-dealkylation sites (N-methyl/N-ethyl adjacent to an activating group) is 1. The number of anilines is 2. The van der Waals surface area contributed by atoms with Gasteiger partial charge in [0.2, 0.25) is 11.8 Å². The fourth-order valence-electron chi connectivity index (χ4n) is 2.74. The maximum absolute atomic E-state index is 12.5. The summed E-state index contributed by atoms with van der Waals surface area (Å²) in [6.45, 7) is 0.697. The third-order valence-corrected chi connectivity index (χ3v) is 5.03. The second-order valence-electron chi connectivity index (χ2n) is 5.86. The third-order valence-electron chi connectivity index (χ3n) is 4.12. The topological polar surface area (TPSA) is 79.5 Å². The molecule has 2 aromatic heterocycles. The van der Waals surface area contributed by atoms with E-state index in [9.17, 15) is 9.59 Å². The fraction of sp³-hybridized carbons (Fsp3) is 0.294. The van der Waals surface area contributed by atoms with Gasteiger partial charge in [-0.05, 0) is 18.6 Å². The molecule has 3 heterocycles. The van der Waals surface area contributed by atoms with E-state index in [0.717, 1.165) is 6.42 Å². The molecule has 1 aliphatic rings. The van der Waals surface area contributed by atoms with E-state index in [2.05, 4.69) is 9.97 Å². The number of carbonyl (C=O) groups is 2. The number of aromatic nitrogens is 2. The van der Waals surface area contributed by atoms with Crippen LogP contribution in [-0.2, 0) is 16.0 Å². The van der Waals surface area contributed by atoms with E-state index in [1.807, 2.05) is 29.6 Å². The number of oxazole rings is 1. The number of benzene rings is 1. The van der Waals surface area contributed by atoms with Gasteiger partial charge in [-0.3, -0.25) is 19.4 Å². The van der Waals surface area contributed by atoms with Crippen molar-refractivity contribution in [3.05, 3.63) is 35.3 Å². The fourth-order valence-corrected chi connectivity index (χ4v) is 3.60. The van der Waals surface area contributed by atoms with Crippen molar-refractivity contribution in [3.63, 3.8) is 0 Å². The molecule has 128 valence electrons. The average Bonchev–Trinajstić information content (AvgIpc) is 3.32. The number of hydrogen-bond donors (Lipinski definition) is 0. The molecule has 1 fully saturated rings. The second-order valence-corrected chi connectivity index (χ2v) is 6.70. The molecule has 1 aromatic carbocycles. The van der Waals surface area contributed by atoms with Gasteiger partial charge in [-0.15, -0.1) is 11.3 Å². The number of thiazole rings is 1. The number of amides is 2. The van der Waals surface area contributed by atoms with Crippen molar-refractivity contribution in [1.82, 2.24) is 9.97 Å². The number of fused-ring (bicyclic) bond motifs is 1. The molecule has 0 bridgehead atoms. The summed E-state index contributed by atoms with van der Waals surface area (Å²) in [7, 11) is 1.63. The Hall–Kier alpha value is -2.74. The second kappa shape index (κ2) is 6.29. The molecule has 0 spiro atoms. The maximum atomic E-state index is 12.5. The minimum absolute atomic E-state index is 0.0934. The highest BCUT2D eigenvalue weighted by Gasteiger charge is 2.25. The minimum Gasteiger partial charge on any atom is -0.423 e. The molecule has 1 aliphatic heterocycles. The molecule has 4 rings (SSSR count). The van der Waals surface area contributed by atoms with Crippen LogP contribution < -0.4 is 9.80 Å². The van der Waals surface area contributed by atoms with Crippen molar-refractivity contribution in [2.24, 2.45) is 0 Å². The van der Waals surface area contributed by atoms with Crippen molar-refractivity contribution in [2.45, 2.75) is 19.3 Å². The molecule has 3 aromatic rings. The summed E-state index contributed by atoms with van der Waals surface area (Å²) in [6, 6.07) is 7.63. The Bertz CT molecular complexity index is 915. The Morgan fingerprint density at radius 2 is 2.20 bits per heavy atom. The summed E-state index contributed by atoms with van der Waals surface area (Å²) in [6.07, 6.45) is 1.55. The normalized spacial score (nSPS) is 14.4. The van der Waals surface area contributed by atoms with Crippen LogP contribution in [0.5, 0.6) is 0 Å². The lowest BCUT2D eigenvalue weighted by molar-refractivity contribution is -0.118. The van der Waals surface area contributed by atoms with Crippen molar-refractivity contribution < 1.29 is 14.0 Å². The van der Waals surface area contributed by atoms with Crippen LogP contribution in [0.25, 0.3) is 11.1 Å². The van der Waals surface area contributed by atoms with Crippen LogP contribution in [0.4, 0.5) is 11.1 Å². The molecular weight excluding hydrogens is 340 g/mol. The van der Waals surface area contributed by atoms with Crippen LogP contribution in [0.2, 0.25) is 0 Å². The zero-order chi connectivity index (χ0) is 17.4. The predicted octanol–water partition coefficient (Wildman–Crippen LogP) is 2.62. The number of hydrogen-bond acceptors (Lipinski definition) is 6. The quantitative estimate of drug-likeness (QED) is 0.718. The van der Waals surface area contributed by atoms with Gasteiger partial charge >= 0.3 is 6.01 Å². The van der Waals surface area contributed by atoms with Crippen molar-refractivity contribution in [3.8, 4) is 0 Å². The summed E-state index contributed by atoms with van der Waals surface area (Å²) >= 11 is 1.39. The van der Waals surface area contributed by atoms with E-state index in [0.29, 0.717) is 34.9 Å². The lowest BCUT2D eigenvalue weighted by Gasteiger charge is -2.12. The van der Waals surface area contributed by atoms with Crippen molar-refractivity contribution in [2.75, 3.05) is 23.4 Å². The molecule has 0 radical (unpaired) electrons. The summed E-state index contributed by atoms with van der Waals surface area (Å²) in [5, 5.41) is 2.48. The van der Waals surface area contributed by atoms with Crippen LogP contribution in [0.1, 0.15) is 18.5 Å². The molecule has 25 heavy (non-hydrogen) atoms. The molecular formula is C17H16N4O3S. The molecule has 2 amide bonds. The van der Waals surface area contributed by atoms with Crippen LogP contribution in [0.3, 0.4) is 0 Å². The summed E-state index contributed by atoms with van der Waals surface area (Å²) in [5.74, 6) is -0.0769. The first-order valence-electron chi connectivity index (χ1n) is 7.99. The molecule has 0 unspecified atom stereocenters. The van der Waals surface area contributed by atoms with E-state index in [1.165, 1.54) is 16.2 Å². The Kier molecular flexibility index (Phi) is 3.96. The van der Waals surface area contributed by atoms with E-state index in [1.54, 1.807) is 11.9 Å². The molecule has 1 saturated heterocycles. The van der Waals surface area contributed by atoms with Crippen LogP contribution in [0.15, 0.2) is 34.1 Å². The Labute approximate surface area is 147 Å². The molecule has 0 aliphatic carbocycles. The molecule has 0 N–H and O–H groups in total. The first kappa shape index (κ1) is 15.8. The van der Waals surface area contributed by atoms with Gasteiger partial charge in [-0.1, -0.05) is 12.1 Å². The van der Waals surface area contributed by atoms with Gasteiger partial charge < -0.3 is 4.42 Å². The smallest absolute Gasteiger partial charge is 0.304 e. The van der Waals surface area contributed by atoms with Gasteiger partial charge in [0.05, 0.1) is 12.1 Å². The third kappa shape index (κ3) is 3.00. The molecule has 7 nitrogen and oxygen atoms in total. The average molecular weight is 356 g/mol. The largest absolute Gasteiger partial charge is 0.423 e. The Balaban J connectivity index is 1.48. The number of rotatable bonds is 4. The maximum Gasteiger partial charge on any atom is 0.304 e. The highest BCUT2D eigenvalue weighted by atomic mass is 32.1. The molecule has 0 saturated carbocycles. The standard InChI is InChI=1S/C17H16N4O3S/c1-20(16-19-12-5-2-3-6-13(12)24-16)15(23)9-11-10-25-17(18-11)21-8-4-7-14(21)22/h2-3,5-6,10H,4,7-9H2,1H3. The van der Waals surface area contributed by atoms with Gasteiger partial charge in [0.25, 0.3) is 0 Å². The van der Waals surface area contributed by atoms with Gasteiger partial charge in [0.15, 0.2) is 10.7 Å². The van der Waals surface area contributed by atoms with E-state index in [4.69, 9.17) is 4.42 Å². The lowest BCUT2D eigenvalue weighted by Crippen LogP contribution is -2.28. The van der Waals surface area contributed by atoms with Crippen molar-refractivity contribution >= 4 is 45.4 Å². The summed E-state index contributed by atoms with van der Waals surface area (Å²) in [4.78, 5) is 36.1. The monoisotopic (exact) mass is 356 g/mol. The van der Waals surface area contributed by atoms with Gasteiger partial charge in [0, 0.05) is 25.4 Å². The van der Waals surface area contributed by atoms with Crippen LogP contribution in [-0.4, -0.2) is 35.4 Å². The Morgan fingerprint density at radius 1 is 1.36 bits per heavy atom. The number of carbonyl (C=O) groups excluding carboxylic acids is 2. The van der Waals surface area contributed by atoms with Crippen LogP contribution >= 0.6 is 11.3 Å². The van der Waals surface area contributed by atoms with Gasteiger partial charge in [0.1, 0.15) is 5.52 Å². The predicted molar refractivity (Wildman–Crippen MR) is 94.8 cm³/mol. The van der Waals surface area contributed by atoms with E-state index in [-0.39, 0.29) is 24.2 Å². The Morgan fingerprint density at radius 3 is 2.96 bits per heavy atom. The molecule has 8 heteroatoms. The van der Waals surface area contributed by atoms with Gasteiger partial charge in [-0.2, -0.15) is 4.98 Å². The zero-order valence-corrected chi connectivity index (χ0v) is 14.5. The zero-order valence-electron chi connectivity index (χ0n) is 13.6.